The predicted molar refractivity (Wildman–Crippen MR) is 129 cm³/mol. The van der Waals surface area contributed by atoms with Gasteiger partial charge in [0.15, 0.2) is 5.69 Å². The normalized spacial score (nSPS) is 11.0. The molecule has 10 nitrogen and oxygen atoms in total. The standard InChI is InChI=1S/C25H30N4O6/c1-6-33-23(30)20-15-21(29(28-20)18-9-12-22(32-5)27-16-18)17-7-10-19(11-8-17)34-14-13-26-24(31)35-25(2,3)4/h7-12,15-16H,6,13-14H2,1-5H3,(H,26,31). The van der Waals surface area contributed by atoms with E-state index in [9.17, 15) is 9.59 Å². The minimum absolute atomic E-state index is 0.186. The molecule has 1 N–H and O–H groups in total. The number of hydrogen-bond acceptors (Lipinski definition) is 8. The van der Waals surface area contributed by atoms with Crippen molar-refractivity contribution in [2.75, 3.05) is 26.9 Å². The Bertz CT molecular complexity index is 1130. The number of carbonyl (C=O) groups excluding carboxylic acids is 2. The molecule has 2 aromatic heterocycles. The van der Waals surface area contributed by atoms with Crippen LogP contribution < -0.4 is 14.8 Å². The molecular formula is C25H30N4O6. The summed E-state index contributed by atoms with van der Waals surface area (Å²) in [7, 11) is 1.54. The number of methoxy groups -OCH3 is 1. The molecule has 3 rings (SSSR count). The van der Waals surface area contributed by atoms with Gasteiger partial charge in [-0.3, -0.25) is 0 Å². The molecule has 0 fully saturated rings. The number of alkyl carbamates (subject to hydrolysis) is 1. The largest absolute Gasteiger partial charge is 0.492 e. The molecule has 0 atom stereocenters. The van der Waals surface area contributed by atoms with Gasteiger partial charge in [0, 0.05) is 11.6 Å². The van der Waals surface area contributed by atoms with E-state index in [2.05, 4.69) is 15.4 Å². The lowest BCUT2D eigenvalue weighted by Gasteiger charge is -2.19. The van der Waals surface area contributed by atoms with E-state index in [1.54, 1.807) is 68.9 Å². The van der Waals surface area contributed by atoms with Crippen molar-refractivity contribution in [2.24, 2.45) is 0 Å². The number of amides is 1. The van der Waals surface area contributed by atoms with Gasteiger partial charge in [-0.15, -0.1) is 0 Å². The number of benzene rings is 1. The molecule has 0 aliphatic heterocycles. The lowest BCUT2D eigenvalue weighted by atomic mass is 10.1. The Balaban J connectivity index is 1.73. The number of aromatic nitrogens is 3. The summed E-state index contributed by atoms with van der Waals surface area (Å²) in [5.41, 5.74) is 1.78. The number of hydrogen-bond donors (Lipinski definition) is 1. The number of rotatable bonds is 9. The highest BCUT2D eigenvalue weighted by atomic mass is 16.6. The first-order valence-electron chi connectivity index (χ1n) is 11.2. The van der Waals surface area contributed by atoms with Crippen LogP contribution in [0.2, 0.25) is 0 Å². The zero-order chi connectivity index (χ0) is 25.4. The van der Waals surface area contributed by atoms with Crippen LogP contribution in [-0.4, -0.2) is 59.3 Å². The van der Waals surface area contributed by atoms with Crippen molar-refractivity contribution in [3.8, 4) is 28.6 Å². The summed E-state index contributed by atoms with van der Waals surface area (Å²) in [6.45, 7) is 7.98. The van der Waals surface area contributed by atoms with Gasteiger partial charge >= 0.3 is 12.1 Å². The van der Waals surface area contributed by atoms with Gasteiger partial charge in [-0.25, -0.2) is 19.3 Å². The minimum Gasteiger partial charge on any atom is -0.492 e. The number of pyridine rings is 1. The molecule has 1 aromatic carbocycles. The molecule has 0 saturated heterocycles. The van der Waals surface area contributed by atoms with Gasteiger partial charge < -0.3 is 24.3 Å². The molecule has 10 heteroatoms. The fraction of sp³-hybridized carbons (Fsp3) is 0.360. The van der Waals surface area contributed by atoms with E-state index in [0.29, 0.717) is 29.6 Å². The van der Waals surface area contributed by atoms with E-state index < -0.39 is 17.7 Å². The molecule has 0 radical (unpaired) electrons. The van der Waals surface area contributed by atoms with Crippen molar-refractivity contribution in [1.29, 1.82) is 0 Å². The first-order valence-corrected chi connectivity index (χ1v) is 11.2. The van der Waals surface area contributed by atoms with Crippen LogP contribution in [0.5, 0.6) is 11.6 Å². The first-order chi connectivity index (χ1) is 16.7. The Hall–Kier alpha value is -4.08. The summed E-state index contributed by atoms with van der Waals surface area (Å²) in [6.07, 6.45) is 1.12. The van der Waals surface area contributed by atoms with E-state index in [1.807, 2.05) is 12.1 Å². The second-order valence-electron chi connectivity index (χ2n) is 8.41. The molecule has 35 heavy (non-hydrogen) atoms. The second-order valence-corrected chi connectivity index (χ2v) is 8.41. The van der Waals surface area contributed by atoms with Crippen LogP contribution in [0.15, 0.2) is 48.7 Å². The first kappa shape index (κ1) is 25.5. The quantitative estimate of drug-likeness (QED) is 0.359. The van der Waals surface area contributed by atoms with Crippen molar-refractivity contribution in [1.82, 2.24) is 20.1 Å². The Morgan fingerprint density at radius 2 is 1.83 bits per heavy atom. The maximum Gasteiger partial charge on any atom is 0.407 e. The van der Waals surface area contributed by atoms with Crippen molar-refractivity contribution in [3.63, 3.8) is 0 Å². The van der Waals surface area contributed by atoms with Crippen molar-refractivity contribution < 1.29 is 28.5 Å². The zero-order valence-electron chi connectivity index (χ0n) is 20.5. The Labute approximate surface area is 204 Å². The molecule has 3 aromatic rings. The number of nitrogens with zero attached hydrogens (tertiary/aromatic N) is 3. The lowest BCUT2D eigenvalue weighted by molar-refractivity contribution is 0.0509. The van der Waals surface area contributed by atoms with Gasteiger partial charge in [0.2, 0.25) is 5.88 Å². The van der Waals surface area contributed by atoms with Gasteiger partial charge in [0.05, 0.1) is 37.8 Å². The topological polar surface area (TPSA) is 114 Å². The van der Waals surface area contributed by atoms with Gasteiger partial charge in [-0.2, -0.15) is 5.10 Å². The van der Waals surface area contributed by atoms with Crippen LogP contribution >= 0.6 is 0 Å². The second kappa shape index (κ2) is 11.4. The highest BCUT2D eigenvalue weighted by Crippen LogP contribution is 2.27. The highest BCUT2D eigenvalue weighted by Gasteiger charge is 2.18. The van der Waals surface area contributed by atoms with Crippen LogP contribution in [0, 0.1) is 0 Å². The summed E-state index contributed by atoms with van der Waals surface area (Å²) in [6, 6.07) is 12.5. The summed E-state index contributed by atoms with van der Waals surface area (Å²) in [4.78, 5) is 28.2. The summed E-state index contributed by atoms with van der Waals surface area (Å²) in [5.74, 6) is 0.588. The van der Waals surface area contributed by atoms with Gasteiger partial charge in [-0.1, -0.05) is 0 Å². The molecule has 0 aliphatic carbocycles. The SMILES string of the molecule is CCOC(=O)c1cc(-c2ccc(OCCNC(=O)OC(C)(C)C)cc2)n(-c2ccc(OC)nc2)n1. The number of carbonyl (C=O) groups is 2. The zero-order valence-corrected chi connectivity index (χ0v) is 20.5. The molecular weight excluding hydrogens is 452 g/mol. The van der Waals surface area contributed by atoms with E-state index in [-0.39, 0.29) is 18.9 Å². The number of nitrogens with one attached hydrogen (secondary N) is 1. The van der Waals surface area contributed by atoms with E-state index >= 15 is 0 Å². The smallest absolute Gasteiger partial charge is 0.407 e. The maximum absolute atomic E-state index is 12.3. The summed E-state index contributed by atoms with van der Waals surface area (Å²) in [5, 5.41) is 7.08. The molecule has 2 heterocycles. The van der Waals surface area contributed by atoms with Crippen LogP contribution in [0.4, 0.5) is 4.79 Å². The van der Waals surface area contributed by atoms with Crippen LogP contribution in [-0.2, 0) is 9.47 Å². The Morgan fingerprint density at radius 1 is 1.09 bits per heavy atom. The van der Waals surface area contributed by atoms with Crippen molar-refractivity contribution >= 4 is 12.1 Å². The van der Waals surface area contributed by atoms with Crippen LogP contribution in [0.3, 0.4) is 0 Å². The van der Waals surface area contributed by atoms with Gasteiger partial charge in [0.25, 0.3) is 0 Å². The molecule has 0 aliphatic rings. The third kappa shape index (κ3) is 7.20. The average molecular weight is 483 g/mol. The van der Waals surface area contributed by atoms with Crippen molar-refractivity contribution in [3.05, 3.63) is 54.4 Å². The van der Waals surface area contributed by atoms with E-state index in [0.717, 1.165) is 5.56 Å². The lowest BCUT2D eigenvalue weighted by Crippen LogP contribution is -2.34. The molecule has 0 spiro atoms. The fourth-order valence-corrected chi connectivity index (χ4v) is 3.06. The minimum atomic E-state index is -0.553. The fourth-order valence-electron chi connectivity index (χ4n) is 3.06. The van der Waals surface area contributed by atoms with E-state index in [1.165, 1.54) is 7.11 Å². The predicted octanol–water partition coefficient (Wildman–Crippen LogP) is 4.02. The van der Waals surface area contributed by atoms with Gasteiger partial charge in [0.1, 0.15) is 18.0 Å². The maximum atomic E-state index is 12.3. The highest BCUT2D eigenvalue weighted by molar-refractivity contribution is 5.89. The molecule has 0 bridgehead atoms. The molecule has 1 amide bonds. The summed E-state index contributed by atoms with van der Waals surface area (Å²) >= 11 is 0. The Morgan fingerprint density at radius 3 is 2.43 bits per heavy atom. The molecule has 0 saturated carbocycles. The molecule has 0 unspecified atom stereocenters. The third-order valence-corrected chi connectivity index (χ3v) is 4.56. The van der Waals surface area contributed by atoms with Crippen LogP contribution in [0.25, 0.3) is 16.9 Å². The van der Waals surface area contributed by atoms with Crippen LogP contribution in [0.1, 0.15) is 38.2 Å². The number of esters is 1. The monoisotopic (exact) mass is 482 g/mol. The third-order valence-electron chi connectivity index (χ3n) is 4.56. The summed E-state index contributed by atoms with van der Waals surface area (Å²) < 4.78 is 22.8. The average Bonchev–Trinajstić information content (AvgIpc) is 3.27. The Kier molecular flexibility index (Phi) is 8.30. The van der Waals surface area contributed by atoms with Crippen molar-refractivity contribution in [2.45, 2.75) is 33.3 Å². The van der Waals surface area contributed by atoms with Gasteiger partial charge in [-0.05, 0) is 64.1 Å². The molecule has 186 valence electrons. The van der Waals surface area contributed by atoms with E-state index in [4.69, 9.17) is 18.9 Å². The number of ether oxygens (including phenoxy) is 4.